The molecule has 1 unspecified atom stereocenters. The number of benzene rings is 1. The normalized spacial score (nSPS) is 21.1. The van der Waals surface area contributed by atoms with Crippen LogP contribution in [0.2, 0.25) is 0 Å². The first-order valence-electron chi connectivity index (χ1n) is 8.46. The third kappa shape index (κ3) is 3.18. The predicted octanol–water partition coefficient (Wildman–Crippen LogP) is 4.02. The number of piperidine rings is 1. The molecule has 1 heterocycles. The molecule has 1 saturated heterocycles. The molecule has 118 valence electrons. The van der Waals surface area contributed by atoms with E-state index >= 15 is 0 Å². The molecule has 1 aromatic carbocycles. The molecule has 0 saturated carbocycles. The van der Waals surface area contributed by atoms with Crippen molar-refractivity contribution in [1.29, 1.82) is 0 Å². The second kappa shape index (κ2) is 6.55. The molecular formula is C19H26N2O. The second-order valence-corrected chi connectivity index (χ2v) is 6.64. The van der Waals surface area contributed by atoms with Crippen LogP contribution >= 0.6 is 0 Å². The van der Waals surface area contributed by atoms with Crippen molar-refractivity contribution in [2.24, 2.45) is 5.92 Å². The maximum absolute atomic E-state index is 12.5. The summed E-state index contributed by atoms with van der Waals surface area (Å²) < 4.78 is 0. The first kappa shape index (κ1) is 15.1. The number of carbonyl (C=O) groups excluding carboxylic acids is 1. The Morgan fingerprint density at radius 1 is 1.23 bits per heavy atom. The van der Waals surface area contributed by atoms with Crippen molar-refractivity contribution in [2.45, 2.75) is 46.0 Å². The molecule has 0 bridgehead atoms. The monoisotopic (exact) mass is 298 g/mol. The smallest absolute Gasteiger partial charge is 0.243 e. The van der Waals surface area contributed by atoms with Gasteiger partial charge >= 0.3 is 0 Å². The van der Waals surface area contributed by atoms with Crippen LogP contribution in [0.1, 0.15) is 43.2 Å². The quantitative estimate of drug-likeness (QED) is 0.914. The van der Waals surface area contributed by atoms with Gasteiger partial charge in [-0.25, -0.2) is 0 Å². The minimum absolute atomic E-state index is 0.101. The number of allylic oxidation sites excluding steroid dienone is 2. The van der Waals surface area contributed by atoms with E-state index in [-0.39, 0.29) is 5.91 Å². The van der Waals surface area contributed by atoms with Gasteiger partial charge in [0.2, 0.25) is 5.91 Å². The van der Waals surface area contributed by atoms with Crippen LogP contribution in [-0.4, -0.2) is 23.9 Å². The van der Waals surface area contributed by atoms with E-state index in [2.05, 4.69) is 16.3 Å². The average molecular weight is 298 g/mol. The van der Waals surface area contributed by atoms with E-state index < -0.39 is 0 Å². The molecule has 1 aliphatic heterocycles. The molecule has 1 aliphatic carbocycles. The van der Waals surface area contributed by atoms with E-state index in [0.29, 0.717) is 12.5 Å². The van der Waals surface area contributed by atoms with Crippen LogP contribution in [0.4, 0.5) is 5.69 Å². The van der Waals surface area contributed by atoms with Crippen molar-refractivity contribution in [3.8, 4) is 0 Å². The molecule has 1 amide bonds. The van der Waals surface area contributed by atoms with Gasteiger partial charge in [0.15, 0.2) is 0 Å². The Hall–Kier alpha value is -1.77. The van der Waals surface area contributed by atoms with Crippen LogP contribution in [0.15, 0.2) is 30.0 Å². The Balaban J connectivity index is 1.67. The Morgan fingerprint density at radius 3 is 2.73 bits per heavy atom. The van der Waals surface area contributed by atoms with Gasteiger partial charge in [-0.15, -0.1) is 0 Å². The maximum Gasteiger partial charge on any atom is 0.243 e. The van der Waals surface area contributed by atoms with Crippen LogP contribution in [0.5, 0.6) is 0 Å². The Kier molecular flexibility index (Phi) is 4.51. The lowest BCUT2D eigenvalue weighted by Crippen LogP contribution is -2.39. The highest BCUT2D eigenvalue weighted by molar-refractivity contribution is 5.93. The standard InChI is InChI=1S/C19H26N2O/c1-14-7-5-8-15(2)19(14)20-18(22)13-21-12-6-10-16-9-3-4-11-17(16)21/h5,7-8,11,16H,3-4,6,9-10,12-13H2,1-2H3,(H,20,22). The summed E-state index contributed by atoms with van der Waals surface area (Å²) in [6.45, 7) is 5.59. The summed E-state index contributed by atoms with van der Waals surface area (Å²) >= 11 is 0. The zero-order valence-corrected chi connectivity index (χ0v) is 13.7. The van der Waals surface area contributed by atoms with Gasteiger partial charge in [-0.05, 0) is 63.0 Å². The summed E-state index contributed by atoms with van der Waals surface area (Å²) in [5.74, 6) is 0.792. The van der Waals surface area contributed by atoms with Crippen LogP contribution in [0, 0.1) is 19.8 Å². The molecule has 0 radical (unpaired) electrons. The zero-order chi connectivity index (χ0) is 15.5. The first-order valence-corrected chi connectivity index (χ1v) is 8.46. The van der Waals surface area contributed by atoms with Crippen molar-refractivity contribution in [3.05, 3.63) is 41.1 Å². The zero-order valence-electron chi connectivity index (χ0n) is 13.7. The second-order valence-electron chi connectivity index (χ2n) is 6.64. The van der Waals surface area contributed by atoms with Crippen molar-refractivity contribution in [2.75, 3.05) is 18.4 Å². The summed E-state index contributed by atoms with van der Waals surface area (Å²) in [4.78, 5) is 14.8. The summed E-state index contributed by atoms with van der Waals surface area (Å²) in [6.07, 6.45) is 8.62. The van der Waals surface area contributed by atoms with Gasteiger partial charge in [0.05, 0.1) is 6.54 Å². The van der Waals surface area contributed by atoms with Crippen molar-refractivity contribution < 1.29 is 4.79 Å². The molecule has 3 heteroatoms. The van der Waals surface area contributed by atoms with Gasteiger partial charge in [0.25, 0.3) is 0 Å². The molecule has 22 heavy (non-hydrogen) atoms. The van der Waals surface area contributed by atoms with Gasteiger partial charge in [0, 0.05) is 17.9 Å². The molecule has 1 aromatic rings. The number of nitrogens with one attached hydrogen (secondary N) is 1. The number of nitrogens with zero attached hydrogens (tertiary/aromatic N) is 1. The van der Waals surface area contributed by atoms with Crippen molar-refractivity contribution in [3.63, 3.8) is 0 Å². The number of aryl methyl sites for hydroxylation is 2. The summed E-state index contributed by atoms with van der Waals surface area (Å²) in [6, 6.07) is 6.12. The molecule has 0 spiro atoms. The van der Waals surface area contributed by atoms with Crippen molar-refractivity contribution >= 4 is 11.6 Å². The largest absolute Gasteiger partial charge is 0.366 e. The molecule has 1 fully saturated rings. The third-order valence-corrected chi connectivity index (χ3v) is 4.95. The molecular weight excluding hydrogens is 272 g/mol. The van der Waals surface area contributed by atoms with Gasteiger partial charge in [-0.3, -0.25) is 4.79 Å². The summed E-state index contributed by atoms with van der Waals surface area (Å²) in [5, 5.41) is 3.11. The fourth-order valence-corrected chi connectivity index (χ4v) is 3.80. The number of hydrogen-bond acceptors (Lipinski definition) is 2. The number of carbonyl (C=O) groups is 1. The minimum atomic E-state index is 0.101. The van der Waals surface area contributed by atoms with Gasteiger partial charge in [-0.1, -0.05) is 24.3 Å². The fraction of sp³-hybridized carbons (Fsp3) is 0.526. The minimum Gasteiger partial charge on any atom is -0.366 e. The van der Waals surface area contributed by atoms with E-state index in [0.717, 1.165) is 23.4 Å². The van der Waals surface area contributed by atoms with E-state index in [1.54, 1.807) is 0 Å². The van der Waals surface area contributed by atoms with E-state index in [1.807, 2.05) is 32.0 Å². The van der Waals surface area contributed by atoms with E-state index in [9.17, 15) is 4.79 Å². The molecule has 3 rings (SSSR count). The topological polar surface area (TPSA) is 32.3 Å². The Bertz CT molecular complexity index is 571. The molecule has 2 aliphatic rings. The fourth-order valence-electron chi connectivity index (χ4n) is 3.80. The summed E-state index contributed by atoms with van der Waals surface area (Å²) in [7, 11) is 0. The highest BCUT2D eigenvalue weighted by atomic mass is 16.2. The Morgan fingerprint density at radius 2 is 1.95 bits per heavy atom. The lowest BCUT2D eigenvalue weighted by Gasteiger charge is -2.39. The van der Waals surface area contributed by atoms with Crippen LogP contribution < -0.4 is 5.32 Å². The number of anilines is 1. The Labute approximate surface area is 133 Å². The number of rotatable bonds is 3. The van der Waals surface area contributed by atoms with Crippen molar-refractivity contribution in [1.82, 2.24) is 4.90 Å². The van der Waals surface area contributed by atoms with Gasteiger partial charge < -0.3 is 10.2 Å². The van der Waals surface area contributed by atoms with Gasteiger partial charge in [-0.2, -0.15) is 0 Å². The van der Waals surface area contributed by atoms with Gasteiger partial charge in [0.1, 0.15) is 0 Å². The lowest BCUT2D eigenvalue weighted by molar-refractivity contribution is -0.117. The predicted molar refractivity (Wildman–Crippen MR) is 90.8 cm³/mol. The highest BCUT2D eigenvalue weighted by Crippen LogP contribution is 2.34. The van der Waals surface area contributed by atoms with Crippen LogP contribution in [0.25, 0.3) is 0 Å². The summed E-state index contributed by atoms with van der Waals surface area (Å²) in [5.41, 5.74) is 4.65. The average Bonchev–Trinajstić information content (AvgIpc) is 2.51. The molecule has 0 aromatic heterocycles. The van der Waals surface area contributed by atoms with Crippen LogP contribution in [0.3, 0.4) is 0 Å². The van der Waals surface area contributed by atoms with E-state index in [4.69, 9.17) is 0 Å². The maximum atomic E-state index is 12.5. The van der Waals surface area contributed by atoms with E-state index in [1.165, 1.54) is 37.8 Å². The third-order valence-electron chi connectivity index (χ3n) is 4.95. The number of hydrogen-bond donors (Lipinski definition) is 1. The number of fused-ring (bicyclic) bond motifs is 1. The SMILES string of the molecule is Cc1cccc(C)c1NC(=O)CN1CCCC2CCCC=C21. The first-order chi connectivity index (χ1) is 10.6. The molecule has 1 atom stereocenters. The number of amides is 1. The number of para-hydroxylation sites is 1. The lowest BCUT2D eigenvalue weighted by atomic mass is 9.85. The molecule has 1 N–H and O–H groups in total. The molecule has 3 nitrogen and oxygen atoms in total. The van der Waals surface area contributed by atoms with Crippen LogP contribution in [-0.2, 0) is 4.79 Å². The number of likely N-dealkylation sites (tertiary alicyclic amines) is 1. The highest BCUT2D eigenvalue weighted by Gasteiger charge is 2.27.